The molecule has 0 aliphatic heterocycles. The van der Waals surface area contributed by atoms with Crippen LogP contribution in [0.15, 0.2) is 6.20 Å². The molecule has 1 saturated carbocycles. The van der Waals surface area contributed by atoms with E-state index in [0.29, 0.717) is 5.13 Å². The maximum Gasteiger partial charge on any atom is 0.406 e. The molecule has 0 saturated heterocycles. The van der Waals surface area contributed by atoms with Gasteiger partial charge in [-0.25, -0.2) is 4.98 Å². The molecule has 3 nitrogen and oxygen atoms in total. The molecule has 1 aliphatic rings. The lowest BCUT2D eigenvalue weighted by atomic mass is 10.3. The zero-order chi connectivity index (χ0) is 14.0. The zero-order valence-electron chi connectivity index (χ0n) is 11.0. The Bertz CT molecular complexity index is 415. The smallest absolute Gasteiger partial charge is 0.336 e. The molecule has 1 aromatic heterocycles. The summed E-state index contributed by atoms with van der Waals surface area (Å²) in [4.78, 5) is 6.54. The Morgan fingerprint density at radius 2 is 2.21 bits per heavy atom. The highest BCUT2D eigenvalue weighted by atomic mass is 32.1. The van der Waals surface area contributed by atoms with Crippen LogP contribution in [0, 0.1) is 0 Å². The number of thiazole rings is 1. The van der Waals surface area contributed by atoms with Gasteiger partial charge in [0.25, 0.3) is 0 Å². The van der Waals surface area contributed by atoms with Gasteiger partial charge in [-0.05, 0) is 26.3 Å². The van der Waals surface area contributed by atoms with Crippen molar-refractivity contribution in [2.75, 3.05) is 18.0 Å². The first-order valence-electron chi connectivity index (χ1n) is 6.43. The molecule has 19 heavy (non-hydrogen) atoms. The second-order valence-electron chi connectivity index (χ2n) is 4.80. The maximum absolute atomic E-state index is 12.6. The van der Waals surface area contributed by atoms with E-state index in [0.717, 1.165) is 24.3 Å². The third-order valence-electron chi connectivity index (χ3n) is 3.03. The van der Waals surface area contributed by atoms with Crippen molar-refractivity contribution in [2.24, 2.45) is 0 Å². The number of halogens is 3. The molecule has 1 N–H and O–H groups in total. The first-order chi connectivity index (χ1) is 8.90. The Hall–Kier alpha value is -0.820. The molecular weight excluding hydrogens is 275 g/mol. The van der Waals surface area contributed by atoms with Gasteiger partial charge in [0.05, 0.1) is 0 Å². The summed E-state index contributed by atoms with van der Waals surface area (Å²) >= 11 is 1.35. The van der Waals surface area contributed by atoms with Crippen LogP contribution >= 0.6 is 11.3 Å². The molecule has 1 heterocycles. The van der Waals surface area contributed by atoms with E-state index in [4.69, 9.17) is 0 Å². The van der Waals surface area contributed by atoms with Crippen molar-refractivity contribution >= 4 is 16.5 Å². The summed E-state index contributed by atoms with van der Waals surface area (Å²) in [5, 5.41) is 3.72. The maximum atomic E-state index is 12.6. The second-order valence-corrected chi connectivity index (χ2v) is 5.84. The molecule has 108 valence electrons. The minimum atomic E-state index is -4.18. The Morgan fingerprint density at radius 1 is 1.53 bits per heavy atom. The van der Waals surface area contributed by atoms with Crippen molar-refractivity contribution in [2.45, 2.75) is 44.9 Å². The number of rotatable bonds is 6. The van der Waals surface area contributed by atoms with Crippen LogP contribution in [0.5, 0.6) is 0 Å². The monoisotopic (exact) mass is 293 g/mol. The molecule has 7 heteroatoms. The van der Waals surface area contributed by atoms with Gasteiger partial charge < -0.3 is 10.2 Å². The number of hydrogen-bond acceptors (Lipinski definition) is 4. The molecule has 1 unspecified atom stereocenters. The van der Waals surface area contributed by atoms with Crippen molar-refractivity contribution in [3.63, 3.8) is 0 Å². The van der Waals surface area contributed by atoms with E-state index in [1.807, 2.05) is 13.8 Å². The molecule has 0 amide bonds. The average Bonchev–Trinajstić information content (AvgIpc) is 3.02. The van der Waals surface area contributed by atoms with Crippen LogP contribution in [-0.4, -0.2) is 30.3 Å². The predicted molar refractivity (Wildman–Crippen MR) is 70.6 cm³/mol. The molecular formula is C12H18F3N3S. The number of hydrogen-bond donors (Lipinski definition) is 1. The molecule has 1 fully saturated rings. The number of alkyl halides is 3. The quantitative estimate of drug-likeness (QED) is 0.872. The fourth-order valence-electron chi connectivity index (χ4n) is 1.95. The van der Waals surface area contributed by atoms with Gasteiger partial charge >= 0.3 is 6.18 Å². The van der Waals surface area contributed by atoms with Crippen LogP contribution in [0.2, 0.25) is 0 Å². The largest absolute Gasteiger partial charge is 0.406 e. The van der Waals surface area contributed by atoms with Crippen LogP contribution in [0.4, 0.5) is 18.3 Å². The fraction of sp³-hybridized carbons (Fsp3) is 0.750. The number of anilines is 1. The topological polar surface area (TPSA) is 28.2 Å². The third-order valence-corrected chi connectivity index (χ3v) is 4.25. The highest BCUT2D eigenvalue weighted by Crippen LogP contribution is 2.37. The lowest BCUT2D eigenvalue weighted by Gasteiger charge is -2.22. The van der Waals surface area contributed by atoms with Gasteiger partial charge in [-0.3, -0.25) is 0 Å². The first-order valence-corrected chi connectivity index (χ1v) is 7.25. The summed E-state index contributed by atoms with van der Waals surface area (Å²) in [5.41, 5.74) is 0. The van der Waals surface area contributed by atoms with E-state index in [-0.39, 0.29) is 12.1 Å². The summed E-state index contributed by atoms with van der Waals surface area (Å²) in [6.45, 7) is 3.91. The van der Waals surface area contributed by atoms with Crippen molar-refractivity contribution in [3.8, 4) is 0 Å². The van der Waals surface area contributed by atoms with Gasteiger partial charge in [0.2, 0.25) is 0 Å². The van der Waals surface area contributed by atoms with E-state index < -0.39 is 12.7 Å². The minimum absolute atomic E-state index is 0.00932. The fourth-order valence-corrected chi connectivity index (χ4v) is 2.96. The van der Waals surface area contributed by atoms with E-state index in [2.05, 4.69) is 10.3 Å². The number of nitrogens with zero attached hydrogens (tertiary/aromatic N) is 2. The zero-order valence-corrected chi connectivity index (χ0v) is 11.8. The van der Waals surface area contributed by atoms with Gasteiger partial charge in [-0.15, -0.1) is 11.3 Å². The van der Waals surface area contributed by atoms with Crippen LogP contribution < -0.4 is 10.2 Å². The molecule has 1 aliphatic carbocycles. The molecule has 0 radical (unpaired) electrons. The van der Waals surface area contributed by atoms with E-state index in [1.54, 1.807) is 6.20 Å². The number of nitrogens with one attached hydrogen (secondary N) is 1. The van der Waals surface area contributed by atoms with Gasteiger partial charge in [0.1, 0.15) is 6.54 Å². The van der Waals surface area contributed by atoms with Crippen LogP contribution in [-0.2, 0) is 0 Å². The summed E-state index contributed by atoms with van der Waals surface area (Å²) in [5.74, 6) is 0. The Labute approximate surface area is 114 Å². The highest BCUT2D eigenvalue weighted by Gasteiger charge is 2.39. The lowest BCUT2D eigenvalue weighted by Crippen LogP contribution is -2.35. The highest BCUT2D eigenvalue weighted by molar-refractivity contribution is 7.15. The van der Waals surface area contributed by atoms with Crippen molar-refractivity contribution in [1.29, 1.82) is 0 Å². The van der Waals surface area contributed by atoms with Crippen LogP contribution in [0.3, 0.4) is 0 Å². The third kappa shape index (κ3) is 4.07. The first kappa shape index (κ1) is 14.6. The van der Waals surface area contributed by atoms with Crippen molar-refractivity contribution in [1.82, 2.24) is 10.3 Å². The summed E-state index contributed by atoms with van der Waals surface area (Å²) in [7, 11) is 0. The lowest BCUT2D eigenvalue weighted by molar-refractivity contribution is -0.120. The SMILES string of the molecule is CCNC(C)c1cnc(N(CC(F)(F)F)C2CC2)s1. The standard InChI is InChI=1S/C12H18F3N3S/c1-3-16-8(2)10-6-17-11(19-10)18(9-4-5-9)7-12(13,14)15/h6,8-9,16H,3-5,7H2,1-2H3. The minimum Gasteiger partial charge on any atom is -0.336 e. The summed E-state index contributed by atoms with van der Waals surface area (Å²) < 4.78 is 37.8. The summed E-state index contributed by atoms with van der Waals surface area (Å²) in [6, 6.07) is 0.137. The van der Waals surface area contributed by atoms with Crippen LogP contribution in [0.1, 0.15) is 37.6 Å². The van der Waals surface area contributed by atoms with Gasteiger partial charge in [0, 0.05) is 23.2 Å². The van der Waals surface area contributed by atoms with E-state index in [9.17, 15) is 13.2 Å². The summed E-state index contributed by atoms with van der Waals surface area (Å²) in [6.07, 6.45) is -0.845. The van der Waals surface area contributed by atoms with Gasteiger partial charge in [0.15, 0.2) is 5.13 Å². The van der Waals surface area contributed by atoms with Crippen molar-refractivity contribution < 1.29 is 13.2 Å². The average molecular weight is 293 g/mol. The second kappa shape index (κ2) is 5.66. The Balaban J connectivity index is 2.10. The number of aromatic nitrogens is 1. The van der Waals surface area contributed by atoms with E-state index in [1.165, 1.54) is 16.2 Å². The van der Waals surface area contributed by atoms with Crippen LogP contribution in [0.25, 0.3) is 0 Å². The van der Waals surface area contributed by atoms with Gasteiger partial charge in [-0.1, -0.05) is 6.92 Å². The predicted octanol–water partition coefficient (Wildman–Crippen LogP) is 3.34. The molecule has 1 aromatic rings. The van der Waals surface area contributed by atoms with E-state index >= 15 is 0 Å². The Morgan fingerprint density at radius 3 is 2.74 bits per heavy atom. The van der Waals surface area contributed by atoms with Gasteiger partial charge in [-0.2, -0.15) is 13.2 Å². The molecule has 0 bridgehead atoms. The Kier molecular flexibility index (Phi) is 4.35. The molecule has 0 spiro atoms. The normalized spacial score (nSPS) is 17.5. The molecule has 0 aromatic carbocycles. The molecule has 2 rings (SSSR count). The molecule has 1 atom stereocenters. The van der Waals surface area contributed by atoms with Crippen molar-refractivity contribution in [3.05, 3.63) is 11.1 Å².